The van der Waals surface area contributed by atoms with Crippen LogP contribution in [0.15, 0.2) is 42.5 Å². The lowest BCUT2D eigenvalue weighted by molar-refractivity contribution is 0.178. The van der Waals surface area contributed by atoms with Crippen LogP contribution in [0.5, 0.6) is 0 Å². The third-order valence-corrected chi connectivity index (χ3v) is 3.63. The Labute approximate surface area is 117 Å². The van der Waals surface area contributed by atoms with Crippen molar-refractivity contribution in [1.82, 2.24) is 0 Å². The predicted octanol–water partition coefficient (Wildman–Crippen LogP) is 4.58. The summed E-state index contributed by atoms with van der Waals surface area (Å²) >= 11 is 12.0. The van der Waals surface area contributed by atoms with E-state index in [1.54, 1.807) is 0 Å². The van der Waals surface area contributed by atoms with Crippen LogP contribution >= 0.6 is 23.2 Å². The molecule has 3 heteroatoms. The summed E-state index contributed by atoms with van der Waals surface area (Å²) in [6.07, 6.45) is -0.0379. The molecule has 2 aromatic rings. The van der Waals surface area contributed by atoms with E-state index in [4.69, 9.17) is 23.2 Å². The van der Waals surface area contributed by atoms with Gasteiger partial charge in [0.15, 0.2) is 0 Å². The van der Waals surface area contributed by atoms with Gasteiger partial charge in [-0.25, -0.2) is 0 Å². The lowest BCUT2D eigenvalue weighted by Gasteiger charge is -2.14. The minimum Gasteiger partial charge on any atom is -0.388 e. The van der Waals surface area contributed by atoms with Gasteiger partial charge in [0, 0.05) is 16.5 Å². The molecule has 0 bridgehead atoms. The van der Waals surface area contributed by atoms with Gasteiger partial charge >= 0.3 is 0 Å². The van der Waals surface area contributed by atoms with Crippen molar-refractivity contribution in [3.05, 3.63) is 69.2 Å². The first kappa shape index (κ1) is 13.4. The number of benzene rings is 2. The number of halogens is 2. The molecule has 0 fully saturated rings. The molecule has 0 saturated heterocycles. The molecule has 18 heavy (non-hydrogen) atoms. The molecule has 0 aliphatic carbocycles. The van der Waals surface area contributed by atoms with E-state index < -0.39 is 6.10 Å². The van der Waals surface area contributed by atoms with Crippen molar-refractivity contribution >= 4 is 23.2 Å². The maximum absolute atomic E-state index is 10.3. The maximum Gasteiger partial charge on any atom is 0.0833 e. The van der Waals surface area contributed by atoms with E-state index in [1.165, 1.54) is 0 Å². The molecule has 0 spiro atoms. The van der Waals surface area contributed by atoms with E-state index >= 15 is 0 Å². The van der Waals surface area contributed by atoms with Crippen LogP contribution in [0.3, 0.4) is 0 Å². The average molecular weight is 281 g/mol. The molecule has 2 rings (SSSR count). The third kappa shape index (κ3) is 3.05. The first-order chi connectivity index (χ1) is 8.58. The van der Waals surface area contributed by atoms with Gasteiger partial charge in [-0.05, 0) is 41.8 Å². The van der Waals surface area contributed by atoms with Gasteiger partial charge < -0.3 is 5.11 Å². The lowest BCUT2D eigenvalue weighted by Crippen LogP contribution is -2.04. The smallest absolute Gasteiger partial charge is 0.0833 e. The van der Waals surface area contributed by atoms with Gasteiger partial charge in [-0.2, -0.15) is 0 Å². The minimum absolute atomic E-state index is 0.530. The second-order valence-corrected chi connectivity index (χ2v) is 5.15. The number of hydrogen-bond donors (Lipinski definition) is 1. The Morgan fingerprint density at radius 3 is 2.56 bits per heavy atom. The average Bonchev–Trinajstić information content (AvgIpc) is 2.32. The Kier molecular flexibility index (Phi) is 4.28. The van der Waals surface area contributed by atoms with Gasteiger partial charge in [-0.1, -0.05) is 47.5 Å². The third-order valence-electron chi connectivity index (χ3n) is 2.99. The zero-order valence-electron chi connectivity index (χ0n) is 10.0. The molecule has 1 atom stereocenters. The molecule has 2 aromatic carbocycles. The van der Waals surface area contributed by atoms with Crippen molar-refractivity contribution in [3.63, 3.8) is 0 Å². The predicted molar refractivity (Wildman–Crippen MR) is 76.3 cm³/mol. The monoisotopic (exact) mass is 280 g/mol. The Balaban J connectivity index is 2.22. The van der Waals surface area contributed by atoms with Crippen LogP contribution in [0.25, 0.3) is 0 Å². The van der Waals surface area contributed by atoms with E-state index in [-0.39, 0.29) is 0 Å². The van der Waals surface area contributed by atoms with Crippen molar-refractivity contribution in [2.45, 2.75) is 19.4 Å². The molecule has 1 N–H and O–H groups in total. The minimum atomic E-state index is -0.567. The van der Waals surface area contributed by atoms with Crippen LogP contribution in [0, 0.1) is 6.92 Å². The Morgan fingerprint density at radius 2 is 1.83 bits per heavy atom. The zero-order valence-corrected chi connectivity index (χ0v) is 11.5. The Hall–Kier alpha value is -1.02. The van der Waals surface area contributed by atoms with Crippen molar-refractivity contribution in [2.24, 2.45) is 0 Å². The van der Waals surface area contributed by atoms with Crippen LogP contribution in [0.1, 0.15) is 22.8 Å². The highest BCUT2D eigenvalue weighted by atomic mass is 35.5. The van der Waals surface area contributed by atoms with E-state index in [0.29, 0.717) is 16.5 Å². The summed E-state index contributed by atoms with van der Waals surface area (Å²) in [6.45, 7) is 1.92. The van der Waals surface area contributed by atoms with Crippen molar-refractivity contribution < 1.29 is 5.11 Å². The standard InChI is InChI=1S/C15H14Cl2O/c1-10-13(6-3-7-14(10)17)15(18)9-11-4-2-5-12(16)8-11/h2-8,15,18H,9H2,1H3. The van der Waals surface area contributed by atoms with E-state index in [1.807, 2.05) is 49.4 Å². The molecular weight excluding hydrogens is 267 g/mol. The molecule has 0 amide bonds. The zero-order chi connectivity index (χ0) is 13.1. The van der Waals surface area contributed by atoms with Gasteiger partial charge in [0.05, 0.1) is 6.10 Å². The van der Waals surface area contributed by atoms with Crippen molar-refractivity contribution in [2.75, 3.05) is 0 Å². The Bertz CT molecular complexity index is 552. The van der Waals surface area contributed by atoms with Crippen molar-refractivity contribution in [3.8, 4) is 0 Å². The van der Waals surface area contributed by atoms with Gasteiger partial charge in [0.2, 0.25) is 0 Å². The molecule has 0 radical (unpaired) electrons. The summed E-state index contributed by atoms with van der Waals surface area (Å²) in [7, 11) is 0. The van der Waals surface area contributed by atoms with Crippen LogP contribution < -0.4 is 0 Å². The summed E-state index contributed by atoms with van der Waals surface area (Å²) in [4.78, 5) is 0. The van der Waals surface area contributed by atoms with E-state index in [0.717, 1.165) is 16.7 Å². The van der Waals surface area contributed by atoms with Crippen LogP contribution in [-0.4, -0.2) is 5.11 Å². The topological polar surface area (TPSA) is 20.2 Å². The summed E-state index contributed by atoms with van der Waals surface area (Å²) < 4.78 is 0. The highest BCUT2D eigenvalue weighted by molar-refractivity contribution is 6.31. The van der Waals surface area contributed by atoms with Gasteiger partial charge in [-0.15, -0.1) is 0 Å². The van der Waals surface area contributed by atoms with Gasteiger partial charge in [0.1, 0.15) is 0 Å². The quantitative estimate of drug-likeness (QED) is 0.873. The molecule has 0 aromatic heterocycles. The second-order valence-electron chi connectivity index (χ2n) is 4.30. The van der Waals surface area contributed by atoms with E-state index in [2.05, 4.69) is 0 Å². The fourth-order valence-electron chi connectivity index (χ4n) is 1.98. The molecule has 1 unspecified atom stereocenters. The highest BCUT2D eigenvalue weighted by Gasteiger charge is 2.12. The van der Waals surface area contributed by atoms with Crippen LogP contribution in [0.4, 0.5) is 0 Å². The van der Waals surface area contributed by atoms with Gasteiger partial charge in [-0.3, -0.25) is 0 Å². The van der Waals surface area contributed by atoms with E-state index in [9.17, 15) is 5.11 Å². The highest BCUT2D eigenvalue weighted by Crippen LogP contribution is 2.27. The van der Waals surface area contributed by atoms with Crippen molar-refractivity contribution in [1.29, 1.82) is 0 Å². The molecule has 0 saturated carbocycles. The second kappa shape index (κ2) is 5.75. The SMILES string of the molecule is Cc1c(Cl)cccc1C(O)Cc1cccc(Cl)c1. The normalized spacial score (nSPS) is 12.4. The number of hydrogen-bond acceptors (Lipinski definition) is 1. The molecule has 0 heterocycles. The largest absolute Gasteiger partial charge is 0.388 e. The first-order valence-electron chi connectivity index (χ1n) is 5.75. The fourth-order valence-corrected chi connectivity index (χ4v) is 2.38. The molecule has 0 aliphatic rings. The maximum atomic E-state index is 10.3. The van der Waals surface area contributed by atoms with Crippen LogP contribution in [0.2, 0.25) is 10.0 Å². The summed E-state index contributed by atoms with van der Waals surface area (Å²) in [5.41, 5.74) is 2.80. The summed E-state index contributed by atoms with van der Waals surface area (Å²) in [6, 6.07) is 13.1. The number of rotatable bonds is 3. The lowest BCUT2D eigenvalue weighted by atomic mass is 9.98. The molecule has 0 aliphatic heterocycles. The molecular formula is C15H14Cl2O. The number of aliphatic hydroxyl groups excluding tert-OH is 1. The van der Waals surface area contributed by atoms with Crippen LogP contribution in [-0.2, 0) is 6.42 Å². The summed E-state index contributed by atoms with van der Waals surface area (Å²) in [5, 5.41) is 11.6. The first-order valence-corrected chi connectivity index (χ1v) is 6.51. The number of aliphatic hydroxyl groups is 1. The fraction of sp³-hybridized carbons (Fsp3) is 0.200. The van der Waals surface area contributed by atoms with Gasteiger partial charge in [0.25, 0.3) is 0 Å². The molecule has 94 valence electrons. The molecule has 1 nitrogen and oxygen atoms in total. The summed E-state index contributed by atoms with van der Waals surface area (Å²) in [5.74, 6) is 0. The Morgan fingerprint density at radius 1 is 1.11 bits per heavy atom.